The minimum absolute atomic E-state index is 0.166. The number of pyridine rings is 1. The molecule has 0 fully saturated rings. The largest absolute Gasteiger partial charge is 0.454 e. The van der Waals surface area contributed by atoms with Crippen LogP contribution >= 0.6 is 11.6 Å². The van der Waals surface area contributed by atoms with Gasteiger partial charge in [-0.3, -0.25) is 9.78 Å². The number of carbonyl (C=O) groups is 1. The van der Waals surface area contributed by atoms with Crippen LogP contribution in [0.1, 0.15) is 10.4 Å². The Kier molecular flexibility index (Phi) is 4.30. The van der Waals surface area contributed by atoms with E-state index in [1.165, 1.54) is 0 Å². The van der Waals surface area contributed by atoms with Crippen LogP contribution in [0.2, 0.25) is 5.02 Å². The lowest BCUT2D eigenvalue weighted by Crippen LogP contribution is -2.11. The van der Waals surface area contributed by atoms with E-state index in [0.717, 1.165) is 22.0 Å². The molecule has 1 aromatic heterocycles. The molecule has 0 bridgehead atoms. The summed E-state index contributed by atoms with van der Waals surface area (Å²) in [4.78, 5) is 17.2. The van der Waals surface area contributed by atoms with Crippen LogP contribution in [0.25, 0.3) is 22.0 Å². The molecule has 5 rings (SSSR count). The van der Waals surface area contributed by atoms with Crippen molar-refractivity contribution in [2.75, 3.05) is 12.1 Å². The summed E-state index contributed by atoms with van der Waals surface area (Å²) in [5.41, 5.74) is 2.63. The van der Waals surface area contributed by atoms with E-state index in [2.05, 4.69) is 10.3 Å². The van der Waals surface area contributed by atoms with E-state index in [1.807, 2.05) is 36.4 Å². The molecule has 1 amide bonds. The van der Waals surface area contributed by atoms with E-state index in [-0.39, 0.29) is 12.7 Å². The van der Waals surface area contributed by atoms with Gasteiger partial charge >= 0.3 is 0 Å². The third-order valence-electron chi connectivity index (χ3n) is 4.79. The van der Waals surface area contributed by atoms with Gasteiger partial charge in [-0.25, -0.2) is 0 Å². The Labute approximate surface area is 171 Å². The Hall–Kier alpha value is -3.57. The lowest BCUT2D eigenvalue weighted by Gasteiger charge is -2.11. The maximum Gasteiger partial charge on any atom is 0.255 e. The van der Waals surface area contributed by atoms with Crippen molar-refractivity contribution in [3.05, 3.63) is 83.5 Å². The molecule has 3 aromatic carbocycles. The first-order valence-corrected chi connectivity index (χ1v) is 9.41. The highest BCUT2D eigenvalue weighted by atomic mass is 35.5. The first kappa shape index (κ1) is 17.5. The lowest BCUT2D eigenvalue weighted by atomic mass is 10.0. The Morgan fingerprint density at radius 1 is 0.966 bits per heavy atom. The molecule has 0 unspecified atom stereocenters. The van der Waals surface area contributed by atoms with Crippen LogP contribution in [-0.2, 0) is 0 Å². The molecule has 4 aromatic rings. The van der Waals surface area contributed by atoms with Crippen molar-refractivity contribution in [3.8, 4) is 22.8 Å². The summed E-state index contributed by atoms with van der Waals surface area (Å²) in [6.45, 7) is 0.166. The molecule has 1 aliphatic rings. The van der Waals surface area contributed by atoms with Crippen molar-refractivity contribution in [1.29, 1.82) is 0 Å². The van der Waals surface area contributed by atoms with Crippen LogP contribution in [-0.4, -0.2) is 17.7 Å². The molecule has 0 radical (unpaired) electrons. The van der Waals surface area contributed by atoms with Gasteiger partial charge in [-0.2, -0.15) is 0 Å². The highest BCUT2D eigenvalue weighted by Crippen LogP contribution is 2.35. The number of nitrogens with one attached hydrogen (secondary N) is 1. The molecular weight excluding hydrogens is 388 g/mol. The van der Waals surface area contributed by atoms with Crippen LogP contribution in [0, 0.1) is 0 Å². The molecule has 1 aliphatic heterocycles. The van der Waals surface area contributed by atoms with E-state index in [9.17, 15) is 4.79 Å². The van der Waals surface area contributed by atoms with Crippen LogP contribution in [0.4, 0.5) is 5.69 Å². The second-order valence-corrected chi connectivity index (χ2v) is 7.00. The summed E-state index contributed by atoms with van der Waals surface area (Å²) in [6, 6.07) is 20.4. The van der Waals surface area contributed by atoms with Crippen molar-refractivity contribution < 1.29 is 14.3 Å². The molecule has 0 aliphatic carbocycles. The highest BCUT2D eigenvalue weighted by molar-refractivity contribution is 6.33. The molecule has 0 spiro atoms. The first-order chi connectivity index (χ1) is 14.2. The van der Waals surface area contributed by atoms with E-state index in [1.54, 1.807) is 36.5 Å². The van der Waals surface area contributed by atoms with Gasteiger partial charge in [0.15, 0.2) is 11.5 Å². The Balaban J connectivity index is 1.49. The number of hydrogen-bond donors (Lipinski definition) is 1. The summed E-state index contributed by atoms with van der Waals surface area (Å²) < 4.78 is 10.6. The molecule has 2 heterocycles. The van der Waals surface area contributed by atoms with Crippen LogP contribution < -0.4 is 14.8 Å². The van der Waals surface area contributed by atoms with Gasteiger partial charge in [0.05, 0.1) is 10.7 Å². The first-order valence-electron chi connectivity index (χ1n) is 9.04. The van der Waals surface area contributed by atoms with Crippen LogP contribution in [0.15, 0.2) is 72.9 Å². The summed E-state index contributed by atoms with van der Waals surface area (Å²) in [6.07, 6.45) is 1.76. The Morgan fingerprint density at radius 2 is 1.83 bits per heavy atom. The van der Waals surface area contributed by atoms with Gasteiger partial charge in [0.2, 0.25) is 6.79 Å². The average Bonchev–Trinajstić information content (AvgIpc) is 3.22. The quantitative estimate of drug-likeness (QED) is 0.489. The zero-order valence-corrected chi connectivity index (χ0v) is 15.9. The van der Waals surface area contributed by atoms with E-state index < -0.39 is 0 Å². The second-order valence-electron chi connectivity index (χ2n) is 6.60. The number of amides is 1. The molecule has 0 saturated heterocycles. The number of halogens is 1. The summed E-state index contributed by atoms with van der Waals surface area (Å²) in [5.74, 6) is 0.953. The highest BCUT2D eigenvalue weighted by Gasteiger charge is 2.17. The standard InChI is InChI=1S/C23H15ClN2O3/c24-19-7-6-16(26-23(27)15-5-8-20-21(11-15)29-13-28-20)12-18(19)22-17-4-2-1-3-14(17)9-10-25-22/h1-12H,13H2,(H,26,27). The van der Waals surface area contributed by atoms with Gasteiger partial charge in [0, 0.05) is 28.4 Å². The zero-order chi connectivity index (χ0) is 19.8. The number of rotatable bonds is 3. The summed E-state index contributed by atoms with van der Waals surface area (Å²) in [7, 11) is 0. The number of fused-ring (bicyclic) bond motifs is 2. The predicted molar refractivity (Wildman–Crippen MR) is 113 cm³/mol. The van der Waals surface area contributed by atoms with Crippen molar-refractivity contribution in [2.24, 2.45) is 0 Å². The SMILES string of the molecule is O=C(Nc1ccc(Cl)c(-c2nccc3ccccc23)c1)c1ccc2c(c1)OCO2. The normalized spacial score (nSPS) is 12.2. The molecule has 29 heavy (non-hydrogen) atoms. The van der Waals surface area contributed by atoms with Gasteiger partial charge in [-0.15, -0.1) is 0 Å². The number of aromatic nitrogens is 1. The lowest BCUT2D eigenvalue weighted by molar-refractivity contribution is 0.102. The Morgan fingerprint density at radius 3 is 2.76 bits per heavy atom. The summed E-state index contributed by atoms with van der Waals surface area (Å²) in [5, 5.41) is 5.55. The zero-order valence-electron chi connectivity index (χ0n) is 15.2. The third kappa shape index (κ3) is 3.26. The number of anilines is 1. The molecule has 5 nitrogen and oxygen atoms in total. The van der Waals surface area contributed by atoms with E-state index in [0.29, 0.717) is 27.8 Å². The minimum Gasteiger partial charge on any atom is -0.454 e. The average molecular weight is 403 g/mol. The molecule has 1 N–H and O–H groups in total. The van der Waals surface area contributed by atoms with Gasteiger partial charge in [0.1, 0.15) is 0 Å². The molecule has 6 heteroatoms. The number of nitrogens with zero attached hydrogens (tertiary/aromatic N) is 1. The van der Waals surface area contributed by atoms with Crippen molar-refractivity contribution in [2.45, 2.75) is 0 Å². The van der Waals surface area contributed by atoms with Gasteiger partial charge in [-0.05, 0) is 47.9 Å². The molecule has 0 saturated carbocycles. The number of hydrogen-bond acceptors (Lipinski definition) is 4. The van der Waals surface area contributed by atoms with Crippen LogP contribution in [0.5, 0.6) is 11.5 Å². The Bertz CT molecular complexity index is 1250. The molecular formula is C23H15ClN2O3. The van der Waals surface area contributed by atoms with Crippen molar-refractivity contribution >= 4 is 34.0 Å². The van der Waals surface area contributed by atoms with Crippen molar-refractivity contribution in [1.82, 2.24) is 4.98 Å². The van der Waals surface area contributed by atoms with Gasteiger partial charge in [0.25, 0.3) is 5.91 Å². The fourth-order valence-corrected chi connectivity index (χ4v) is 3.57. The summed E-state index contributed by atoms with van der Waals surface area (Å²) >= 11 is 6.47. The number of ether oxygens (including phenoxy) is 2. The monoisotopic (exact) mass is 402 g/mol. The maximum absolute atomic E-state index is 12.7. The van der Waals surface area contributed by atoms with E-state index in [4.69, 9.17) is 21.1 Å². The fraction of sp³-hybridized carbons (Fsp3) is 0.0435. The number of carbonyl (C=O) groups excluding carboxylic acids is 1. The van der Waals surface area contributed by atoms with Crippen LogP contribution in [0.3, 0.4) is 0 Å². The molecule has 142 valence electrons. The second kappa shape index (κ2) is 7.11. The van der Waals surface area contributed by atoms with Gasteiger partial charge in [-0.1, -0.05) is 35.9 Å². The van der Waals surface area contributed by atoms with Gasteiger partial charge < -0.3 is 14.8 Å². The topological polar surface area (TPSA) is 60.5 Å². The van der Waals surface area contributed by atoms with Crippen molar-refractivity contribution in [3.63, 3.8) is 0 Å². The minimum atomic E-state index is -0.248. The maximum atomic E-state index is 12.7. The third-order valence-corrected chi connectivity index (χ3v) is 5.12. The fourth-order valence-electron chi connectivity index (χ4n) is 3.36. The smallest absolute Gasteiger partial charge is 0.255 e. The van der Waals surface area contributed by atoms with E-state index >= 15 is 0 Å². The predicted octanol–water partition coefficient (Wildman–Crippen LogP) is 5.54. The number of benzene rings is 3. The molecule has 0 atom stereocenters.